The van der Waals surface area contributed by atoms with Crippen molar-refractivity contribution in [3.8, 4) is 5.75 Å². The molecule has 0 unspecified atom stereocenters. The highest BCUT2D eigenvalue weighted by atomic mass is 35.5. The summed E-state index contributed by atoms with van der Waals surface area (Å²) in [6, 6.07) is 7.18. The van der Waals surface area contributed by atoms with Gasteiger partial charge in [-0.2, -0.15) is 8.78 Å². The number of anilines is 2. The van der Waals surface area contributed by atoms with Gasteiger partial charge >= 0.3 is 5.92 Å². The molecule has 1 aromatic heterocycles. The minimum Gasteiger partial charge on any atom is -0.486 e. The summed E-state index contributed by atoms with van der Waals surface area (Å²) in [5, 5.41) is 14.4. The molecule has 2 heterocycles. The smallest absolute Gasteiger partial charge is 0.300 e. The van der Waals surface area contributed by atoms with Crippen LogP contribution in [0.5, 0.6) is 5.75 Å². The number of aliphatic hydroxyl groups is 1. The molecule has 4 rings (SSSR count). The van der Waals surface area contributed by atoms with Gasteiger partial charge in [0.15, 0.2) is 0 Å². The van der Waals surface area contributed by atoms with Crippen molar-refractivity contribution in [1.82, 2.24) is 9.97 Å². The van der Waals surface area contributed by atoms with Gasteiger partial charge in [-0.25, -0.2) is 9.97 Å². The van der Waals surface area contributed by atoms with Gasteiger partial charge in [0.2, 0.25) is 0 Å². The number of nitrogens with zero attached hydrogens (tertiary/aromatic N) is 2. The van der Waals surface area contributed by atoms with E-state index in [2.05, 4.69) is 15.3 Å². The van der Waals surface area contributed by atoms with Gasteiger partial charge < -0.3 is 25.6 Å². The molecule has 4 N–H and O–H groups in total. The van der Waals surface area contributed by atoms with Crippen LogP contribution in [-0.2, 0) is 10.7 Å². The zero-order valence-electron chi connectivity index (χ0n) is 20.0. The molecule has 2 atom stereocenters. The van der Waals surface area contributed by atoms with Crippen molar-refractivity contribution in [2.45, 2.75) is 57.8 Å². The van der Waals surface area contributed by atoms with E-state index >= 15 is 0 Å². The Morgan fingerprint density at radius 1 is 1.23 bits per heavy atom. The molecule has 188 valence electrons. The minimum absolute atomic E-state index is 0.0881. The highest BCUT2D eigenvalue weighted by Crippen LogP contribution is 2.41. The fourth-order valence-corrected chi connectivity index (χ4v) is 4.18. The molecule has 0 saturated carbocycles. The maximum atomic E-state index is 14.8. The summed E-state index contributed by atoms with van der Waals surface area (Å²) in [4.78, 5) is 9.01. The Hall–Kier alpha value is -2.75. The first-order valence-electron chi connectivity index (χ1n) is 11.3. The van der Waals surface area contributed by atoms with E-state index in [1.165, 1.54) is 12.1 Å². The lowest BCUT2D eigenvalue weighted by atomic mass is 9.91. The number of nitrogen functional groups attached to an aromatic ring is 1. The number of aromatic nitrogens is 2. The Morgan fingerprint density at radius 3 is 2.63 bits per heavy atom. The Bertz CT molecular complexity index is 1240. The second-order valence-corrected chi connectivity index (χ2v) is 9.82. The van der Waals surface area contributed by atoms with Gasteiger partial charge in [0.1, 0.15) is 29.1 Å². The number of aryl methyl sites for hydroxylation is 1. The third-order valence-corrected chi connectivity index (χ3v) is 6.30. The molecular formula is C25H29ClF2N4O3. The predicted octanol–water partition coefficient (Wildman–Crippen LogP) is 5.38. The SMILES string of the molecule is Cc1nc(N[C@H](C)c2cc(N)cc(C(F)(F)C(C)(C)O)c2)c2cc(O[C@H]3CCOC3)c(Cl)cc2n1. The van der Waals surface area contributed by atoms with Crippen molar-refractivity contribution in [3.05, 3.63) is 52.3 Å². The number of hydrogen-bond donors (Lipinski definition) is 3. The fourth-order valence-electron chi connectivity index (χ4n) is 3.98. The van der Waals surface area contributed by atoms with E-state index in [0.29, 0.717) is 52.1 Å². The third kappa shape index (κ3) is 5.27. The first-order chi connectivity index (χ1) is 16.3. The van der Waals surface area contributed by atoms with E-state index in [4.69, 9.17) is 26.8 Å². The summed E-state index contributed by atoms with van der Waals surface area (Å²) >= 11 is 6.45. The van der Waals surface area contributed by atoms with Crippen LogP contribution >= 0.6 is 11.6 Å². The van der Waals surface area contributed by atoms with Crippen molar-refractivity contribution in [2.24, 2.45) is 0 Å². The molecule has 0 radical (unpaired) electrons. The number of nitrogens with two attached hydrogens (primary N) is 1. The number of benzene rings is 2. The molecule has 1 aliphatic heterocycles. The Balaban J connectivity index is 1.70. The Kier molecular flexibility index (Phi) is 6.78. The van der Waals surface area contributed by atoms with Crippen LogP contribution in [-0.4, -0.2) is 40.0 Å². The first kappa shape index (κ1) is 25.3. The van der Waals surface area contributed by atoms with E-state index in [0.717, 1.165) is 20.3 Å². The number of ether oxygens (including phenoxy) is 2. The van der Waals surface area contributed by atoms with E-state index < -0.39 is 17.6 Å². The summed E-state index contributed by atoms with van der Waals surface area (Å²) in [6.07, 6.45) is 0.684. The summed E-state index contributed by atoms with van der Waals surface area (Å²) in [6.45, 7) is 6.83. The maximum Gasteiger partial charge on any atom is 0.300 e. The lowest BCUT2D eigenvalue weighted by molar-refractivity contribution is -0.168. The molecule has 1 aliphatic rings. The normalized spacial score (nSPS) is 17.5. The molecule has 0 aliphatic carbocycles. The number of hydrogen-bond acceptors (Lipinski definition) is 7. The zero-order valence-corrected chi connectivity index (χ0v) is 20.8. The summed E-state index contributed by atoms with van der Waals surface area (Å²) in [7, 11) is 0. The van der Waals surface area contributed by atoms with Crippen LogP contribution in [0.1, 0.15) is 50.2 Å². The van der Waals surface area contributed by atoms with Crippen LogP contribution in [0.25, 0.3) is 10.9 Å². The standard InChI is InChI=1S/C25H29ClF2N4O3/c1-13(15-7-16(9-17(29)8-15)25(27,28)24(3,4)33)30-23-19-10-22(35-18-5-6-34-12-18)20(26)11-21(19)31-14(2)32-23/h7-11,13,18,33H,5-6,12,29H2,1-4H3,(H,30,31,32)/t13-,18+/m1/s1. The zero-order chi connectivity index (χ0) is 25.5. The van der Waals surface area contributed by atoms with Crippen LogP contribution in [0.4, 0.5) is 20.3 Å². The van der Waals surface area contributed by atoms with Crippen LogP contribution in [0.2, 0.25) is 5.02 Å². The van der Waals surface area contributed by atoms with Gasteiger partial charge in [0.25, 0.3) is 0 Å². The fraction of sp³-hybridized carbons (Fsp3) is 0.440. The number of rotatable bonds is 7. The van der Waals surface area contributed by atoms with Gasteiger partial charge in [-0.05, 0) is 63.6 Å². The third-order valence-electron chi connectivity index (χ3n) is 6.00. The van der Waals surface area contributed by atoms with Crippen molar-refractivity contribution in [1.29, 1.82) is 0 Å². The average molecular weight is 507 g/mol. The molecule has 3 aromatic rings. The number of halogens is 3. The highest BCUT2D eigenvalue weighted by molar-refractivity contribution is 6.32. The average Bonchev–Trinajstić information content (AvgIpc) is 3.26. The van der Waals surface area contributed by atoms with Gasteiger partial charge in [0.05, 0.1) is 29.8 Å². The van der Waals surface area contributed by atoms with Gasteiger partial charge in [-0.15, -0.1) is 0 Å². The molecule has 0 spiro atoms. The quantitative estimate of drug-likeness (QED) is 0.370. The summed E-state index contributed by atoms with van der Waals surface area (Å²) in [5.41, 5.74) is 4.63. The summed E-state index contributed by atoms with van der Waals surface area (Å²) in [5.74, 6) is -1.98. The van der Waals surface area contributed by atoms with Crippen LogP contribution < -0.4 is 15.8 Å². The molecule has 1 fully saturated rings. The molecule has 35 heavy (non-hydrogen) atoms. The molecule has 0 bridgehead atoms. The molecule has 0 amide bonds. The van der Waals surface area contributed by atoms with Gasteiger partial charge in [-0.3, -0.25) is 0 Å². The first-order valence-corrected chi connectivity index (χ1v) is 11.7. The van der Waals surface area contributed by atoms with Crippen molar-refractivity contribution in [2.75, 3.05) is 24.3 Å². The topological polar surface area (TPSA) is 103 Å². The predicted molar refractivity (Wildman–Crippen MR) is 132 cm³/mol. The van der Waals surface area contributed by atoms with Gasteiger partial charge in [0, 0.05) is 23.1 Å². The molecule has 2 aromatic carbocycles. The van der Waals surface area contributed by atoms with E-state index in [-0.39, 0.29) is 17.4 Å². The Morgan fingerprint density at radius 2 is 1.97 bits per heavy atom. The van der Waals surface area contributed by atoms with Crippen molar-refractivity contribution >= 4 is 34.0 Å². The Labute approximate surface area is 207 Å². The van der Waals surface area contributed by atoms with Crippen molar-refractivity contribution < 1.29 is 23.4 Å². The second-order valence-electron chi connectivity index (χ2n) is 9.41. The number of fused-ring (bicyclic) bond motifs is 1. The molecule has 10 heteroatoms. The second kappa shape index (κ2) is 9.37. The number of nitrogens with one attached hydrogen (secondary N) is 1. The molecular weight excluding hydrogens is 478 g/mol. The highest BCUT2D eigenvalue weighted by Gasteiger charge is 2.47. The van der Waals surface area contributed by atoms with Crippen LogP contribution in [0.15, 0.2) is 30.3 Å². The van der Waals surface area contributed by atoms with E-state index in [9.17, 15) is 13.9 Å². The lowest BCUT2D eigenvalue weighted by Gasteiger charge is -2.30. The lowest BCUT2D eigenvalue weighted by Crippen LogP contribution is -2.40. The molecule has 1 saturated heterocycles. The number of alkyl halides is 2. The van der Waals surface area contributed by atoms with Crippen LogP contribution in [0.3, 0.4) is 0 Å². The van der Waals surface area contributed by atoms with E-state index in [1.54, 1.807) is 25.1 Å². The van der Waals surface area contributed by atoms with Crippen LogP contribution in [0, 0.1) is 6.92 Å². The monoisotopic (exact) mass is 506 g/mol. The van der Waals surface area contributed by atoms with Gasteiger partial charge in [-0.1, -0.05) is 11.6 Å². The largest absolute Gasteiger partial charge is 0.486 e. The van der Waals surface area contributed by atoms with E-state index in [1.807, 2.05) is 6.92 Å². The molecule has 7 nitrogen and oxygen atoms in total. The minimum atomic E-state index is -3.50. The van der Waals surface area contributed by atoms with Crippen molar-refractivity contribution in [3.63, 3.8) is 0 Å². The summed E-state index contributed by atoms with van der Waals surface area (Å²) < 4.78 is 41.1. The maximum absolute atomic E-state index is 14.8.